The van der Waals surface area contributed by atoms with E-state index in [0.717, 1.165) is 35.4 Å². The number of hydrogen-bond acceptors (Lipinski definition) is 0. The number of benzene rings is 2. The monoisotopic (exact) mass is 414 g/mol. The van der Waals surface area contributed by atoms with Gasteiger partial charge in [0.05, 0.1) is 0 Å². The molecule has 0 N–H and O–H groups in total. The summed E-state index contributed by atoms with van der Waals surface area (Å²) < 4.78 is 43.6. The second kappa shape index (κ2) is 9.58. The van der Waals surface area contributed by atoms with Crippen molar-refractivity contribution in [1.29, 1.82) is 0 Å². The minimum atomic E-state index is -0.398. The van der Waals surface area contributed by atoms with Gasteiger partial charge in [-0.15, -0.1) is 0 Å². The summed E-state index contributed by atoms with van der Waals surface area (Å²) in [7, 11) is 0. The third kappa shape index (κ3) is 4.76. The molecule has 0 spiro atoms. The fraction of sp³-hybridized carbons (Fsp3) is 0.556. The largest absolute Gasteiger partial charge is 0.207 e. The molecule has 0 saturated heterocycles. The maximum Gasteiger partial charge on any atom is 0.129 e. The van der Waals surface area contributed by atoms with Gasteiger partial charge in [0.1, 0.15) is 17.5 Å². The Morgan fingerprint density at radius 1 is 0.800 bits per heavy atom. The summed E-state index contributed by atoms with van der Waals surface area (Å²) in [5, 5.41) is 0. The lowest BCUT2D eigenvalue weighted by Crippen LogP contribution is -2.17. The van der Waals surface area contributed by atoms with Gasteiger partial charge < -0.3 is 0 Å². The van der Waals surface area contributed by atoms with Gasteiger partial charge in [-0.3, -0.25) is 0 Å². The van der Waals surface area contributed by atoms with Crippen molar-refractivity contribution in [3.63, 3.8) is 0 Å². The lowest BCUT2D eigenvalue weighted by atomic mass is 9.75. The van der Waals surface area contributed by atoms with Gasteiger partial charge in [-0.25, -0.2) is 13.2 Å². The maximum absolute atomic E-state index is 15.1. The van der Waals surface area contributed by atoms with Crippen molar-refractivity contribution in [2.24, 2.45) is 5.92 Å². The lowest BCUT2D eigenvalue weighted by molar-refractivity contribution is 0.302. The number of fused-ring (bicyclic) bond motifs is 1. The van der Waals surface area contributed by atoms with E-state index in [1.165, 1.54) is 44.6 Å². The Bertz CT molecular complexity index is 841. The van der Waals surface area contributed by atoms with Crippen molar-refractivity contribution in [3.8, 4) is 0 Å². The van der Waals surface area contributed by atoms with Gasteiger partial charge in [0.15, 0.2) is 0 Å². The van der Waals surface area contributed by atoms with E-state index in [9.17, 15) is 4.39 Å². The molecule has 1 fully saturated rings. The number of unbranched alkanes of at least 4 members (excludes halogenated alkanes) is 2. The minimum absolute atomic E-state index is 0.175. The highest BCUT2D eigenvalue weighted by Gasteiger charge is 2.28. The van der Waals surface area contributed by atoms with Crippen LogP contribution >= 0.6 is 0 Å². The van der Waals surface area contributed by atoms with Crippen molar-refractivity contribution in [2.75, 3.05) is 0 Å². The second-order valence-electron chi connectivity index (χ2n) is 9.46. The van der Waals surface area contributed by atoms with Crippen LogP contribution in [-0.4, -0.2) is 0 Å². The summed E-state index contributed by atoms with van der Waals surface area (Å²) in [5.41, 5.74) is 3.04. The minimum Gasteiger partial charge on any atom is -0.207 e. The molecule has 0 radical (unpaired) electrons. The van der Waals surface area contributed by atoms with Crippen LogP contribution in [-0.2, 0) is 12.8 Å². The van der Waals surface area contributed by atoms with Crippen LogP contribution in [0.3, 0.4) is 0 Å². The van der Waals surface area contributed by atoms with Gasteiger partial charge in [-0.05, 0) is 104 Å². The van der Waals surface area contributed by atoms with Gasteiger partial charge in [-0.2, -0.15) is 0 Å². The van der Waals surface area contributed by atoms with E-state index < -0.39 is 11.6 Å². The molecule has 30 heavy (non-hydrogen) atoms. The van der Waals surface area contributed by atoms with Crippen LogP contribution in [0, 0.1) is 23.4 Å². The summed E-state index contributed by atoms with van der Waals surface area (Å²) >= 11 is 0. The van der Waals surface area contributed by atoms with Gasteiger partial charge >= 0.3 is 0 Å². The first kappa shape index (κ1) is 21.5. The zero-order valence-corrected chi connectivity index (χ0v) is 18.0. The van der Waals surface area contributed by atoms with Crippen LogP contribution in [0.2, 0.25) is 0 Å². The molecular formula is C27H33F3. The van der Waals surface area contributed by atoms with Gasteiger partial charge in [0, 0.05) is 5.56 Å². The molecule has 1 saturated carbocycles. The Labute approximate surface area is 178 Å². The molecule has 0 aromatic heterocycles. The first-order valence-electron chi connectivity index (χ1n) is 11.8. The average molecular weight is 415 g/mol. The van der Waals surface area contributed by atoms with Crippen molar-refractivity contribution in [3.05, 3.63) is 70.0 Å². The molecule has 1 atom stereocenters. The van der Waals surface area contributed by atoms with E-state index in [1.54, 1.807) is 24.3 Å². The maximum atomic E-state index is 15.1. The van der Waals surface area contributed by atoms with E-state index in [0.29, 0.717) is 19.3 Å². The smallest absolute Gasteiger partial charge is 0.129 e. The van der Waals surface area contributed by atoms with E-state index >= 15 is 8.78 Å². The highest BCUT2D eigenvalue weighted by atomic mass is 19.1. The Hall–Kier alpha value is -1.77. The molecule has 0 aliphatic heterocycles. The lowest BCUT2D eigenvalue weighted by Gasteiger charge is -2.30. The molecule has 162 valence electrons. The highest BCUT2D eigenvalue weighted by molar-refractivity contribution is 5.37. The number of rotatable bonds is 6. The zero-order valence-electron chi connectivity index (χ0n) is 18.0. The third-order valence-corrected chi connectivity index (χ3v) is 7.44. The van der Waals surface area contributed by atoms with Crippen LogP contribution in [0.15, 0.2) is 30.3 Å². The van der Waals surface area contributed by atoms with Crippen molar-refractivity contribution >= 4 is 0 Å². The SMILES string of the molecule is CCCCCC1CCC(c2cc(F)c(C3CCc4cc(F)ccc4C3)c(F)c2)CC1. The second-order valence-corrected chi connectivity index (χ2v) is 9.46. The Kier molecular flexibility index (Phi) is 6.85. The van der Waals surface area contributed by atoms with Crippen LogP contribution in [0.25, 0.3) is 0 Å². The van der Waals surface area contributed by atoms with Crippen LogP contribution in [0.4, 0.5) is 13.2 Å². The van der Waals surface area contributed by atoms with Crippen LogP contribution in [0.5, 0.6) is 0 Å². The van der Waals surface area contributed by atoms with E-state index in [2.05, 4.69) is 6.92 Å². The number of aryl methyl sites for hydroxylation is 1. The fourth-order valence-electron chi connectivity index (χ4n) is 5.67. The molecular weight excluding hydrogens is 381 g/mol. The topological polar surface area (TPSA) is 0 Å². The van der Waals surface area contributed by atoms with E-state index in [-0.39, 0.29) is 23.2 Å². The molecule has 2 aromatic rings. The zero-order chi connectivity index (χ0) is 21.1. The first-order valence-corrected chi connectivity index (χ1v) is 11.8. The Balaban J connectivity index is 1.44. The standard InChI is InChI=1S/C27H33F3/c1-2-3-4-5-18-6-8-19(9-7-18)23-16-25(29)27(26(30)17-23)22-11-10-21-15-24(28)13-12-20(21)14-22/h12-13,15-19,22H,2-11,14H2,1H3. The van der Waals surface area contributed by atoms with Crippen molar-refractivity contribution in [1.82, 2.24) is 0 Å². The van der Waals surface area contributed by atoms with Crippen LogP contribution in [0.1, 0.15) is 98.8 Å². The van der Waals surface area contributed by atoms with Gasteiger partial charge in [0.25, 0.3) is 0 Å². The third-order valence-electron chi connectivity index (χ3n) is 7.44. The average Bonchev–Trinajstić information content (AvgIpc) is 2.74. The predicted octanol–water partition coefficient (Wildman–Crippen LogP) is 8.23. The van der Waals surface area contributed by atoms with Gasteiger partial charge in [0.2, 0.25) is 0 Å². The van der Waals surface area contributed by atoms with Crippen LogP contribution < -0.4 is 0 Å². The molecule has 0 amide bonds. The molecule has 0 heterocycles. The van der Waals surface area contributed by atoms with E-state index in [4.69, 9.17) is 0 Å². The normalized spacial score (nSPS) is 23.9. The Morgan fingerprint density at radius 2 is 1.53 bits per heavy atom. The molecule has 2 aromatic carbocycles. The first-order chi connectivity index (χ1) is 14.5. The summed E-state index contributed by atoms with van der Waals surface area (Å²) in [6, 6.07) is 7.96. The molecule has 1 unspecified atom stereocenters. The molecule has 2 aliphatic carbocycles. The highest BCUT2D eigenvalue weighted by Crippen LogP contribution is 2.41. The fourth-order valence-corrected chi connectivity index (χ4v) is 5.67. The number of halogens is 3. The van der Waals surface area contributed by atoms with Crippen molar-refractivity contribution in [2.45, 2.75) is 89.4 Å². The summed E-state index contributed by atoms with van der Waals surface area (Å²) in [6.07, 6.45) is 11.5. The van der Waals surface area contributed by atoms with Crippen molar-refractivity contribution < 1.29 is 13.2 Å². The van der Waals surface area contributed by atoms with E-state index in [1.807, 2.05) is 0 Å². The quantitative estimate of drug-likeness (QED) is 0.418. The molecule has 3 heteroatoms. The Morgan fingerprint density at radius 3 is 2.23 bits per heavy atom. The number of hydrogen-bond donors (Lipinski definition) is 0. The summed E-state index contributed by atoms with van der Waals surface area (Å²) in [4.78, 5) is 0. The molecule has 2 aliphatic rings. The predicted molar refractivity (Wildman–Crippen MR) is 116 cm³/mol. The van der Waals surface area contributed by atoms with Gasteiger partial charge in [-0.1, -0.05) is 38.7 Å². The molecule has 0 bridgehead atoms. The summed E-state index contributed by atoms with van der Waals surface area (Å²) in [6.45, 7) is 2.23. The summed E-state index contributed by atoms with van der Waals surface area (Å²) in [5.74, 6) is -0.147. The molecule has 4 rings (SSSR count). The molecule has 0 nitrogen and oxygen atoms in total.